The van der Waals surface area contributed by atoms with Gasteiger partial charge < -0.3 is 10.9 Å². The Morgan fingerprint density at radius 3 is 2.20 bits per heavy atom. The van der Waals surface area contributed by atoms with Gasteiger partial charge in [0, 0.05) is 11.5 Å². The van der Waals surface area contributed by atoms with Crippen LogP contribution in [0.3, 0.4) is 0 Å². The first kappa shape index (κ1) is 11.4. The highest BCUT2D eigenvalue weighted by Gasteiger charge is 2.10. The molecule has 0 heterocycles. The molecule has 3 N–H and O–H groups in total. The largest absolute Gasteiger partial charge is 0.409 e. The first-order valence-corrected chi connectivity index (χ1v) is 4.42. The van der Waals surface area contributed by atoms with Crippen LogP contribution in [0.25, 0.3) is 0 Å². The molecule has 1 rings (SSSR count). The van der Waals surface area contributed by atoms with Gasteiger partial charge in [-0.1, -0.05) is 29.4 Å². The average molecular weight is 214 g/mol. The van der Waals surface area contributed by atoms with Gasteiger partial charge in [-0.25, -0.2) is 0 Å². The zero-order valence-corrected chi connectivity index (χ0v) is 8.03. The molecule has 0 aliphatic heterocycles. The van der Waals surface area contributed by atoms with Crippen LogP contribution in [-0.2, 0) is 0 Å². The molecule has 0 bridgehead atoms. The maximum Gasteiger partial charge on any atom is 0.170 e. The van der Waals surface area contributed by atoms with Gasteiger partial charge in [-0.3, -0.25) is 8.78 Å². The Morgan fingerprint density at radius 1 is 1.27 bits per heavy atom. The van der Waals surface area contributed by atoms with Gasteiger partial charge in [-0.2, -0.15) is 0 Å². The zero-order valence-electron chi connectivity index (χ0n) is 8.03. The smallest absolute Gasteiger partial charge is 0.170 e. The van der Waals surface area contributed by atoms with Crippen LogP contribution in [0.1, 0.15) is 17.0 Å². The number of rotatable bonds is 4. The summed E-state index contributed by atoms with van der Waals surface area (Å²) in [6.45, 7) is -1.47. The van der Waals surface area contributed by atoms with Crippen LogP contribution in [0.4, 0.5) is 8.78 Å². The fourth-order valence-electron chi connectivity index (χ4n) is 1.20. The van der Waals surface area contributed by atoms with Gasteiger partial charge in [-0.15, -0.1) is 0 Å². The highest BCUT2D eigenvalue weighted by Crippen LogP contribution is 2.17. The van der Waals surface area contributed by atoms with E-state index in [1.54, 1.807) is 24.3 Å². The molecule has 0 saturated carbocycles. The van der Waals surface area contributed by atoms with Gasteiger partial charge in [0.15, 0.2) is 5.84 Å². The minimum atomic E-state index is -0.737. The van der Waals surface area contributed by atoms with Crippen LogP contribution < -0.4 is 5.73 Å². The Hall–Kier alpha value is -1.65. The summed E-state index contributed by atoms with van der Waals surface area (Å²) in [6, 6.07) is 6.25. The summed E-state index contributed by atoms with van der Waals surface area (Å²) >= 11 is 0. The van der Waals surface area contributed by atoms with Crippen molar-refractivity contribution >= 4 is 5.84 Å². The minimum absolute atomic E-state index is 0.0291. The van der Waals surface area contributed by atoms with Gasteiger partial charge in [0.25, 0.3) is 0 Å². The third-order valence-corrected chi connectivity index (χ3v) is 2.16. The van der Waals surface area contributed by atoms with E-state index in [-0.39, 0.29) is 5.84 Å². The van der Waals surface area contributed by atoms with Crippen LogP contribution >= 0.6 is 0 Å². The molecule has 1 aromatic rings. The van der Waals surface area contributed by atoms with E-state index < -0.39 is 19.3 Å². The third kappa shape index (κ3) is 2.65. The number of halogens is 2. The highest BCUT2D eigenvalue weighted by molar-refractivity contribution is 5.96. The lowest BCUT2D eigenvalue weighted by molar-refractivity contribution is 0.318. The van der Waals surface area contributed by atoms with Crippen LogP contribution in [0, 0.1) is 0 Å². The van der Waals surface area contributed by atoms with Gasteiger partial charge in [-0.05, 0) is 5.56 Å². The van der Waals surface area contributed by atoms with Crippen molar-refractivity contribution in [2.75, 3.05) is 13.3 Å². The summed E-state index contributed by atoms with van der Waals surface area (Å²) in [4.78, 5) is 0. The highest BCUT2D eigenvalue weighted by atomic mass is 19.1. The molecule has 0 spiro atoms. The fraction of sp³-hybridized carbons (Fsp3) is 0.300. The van der Waals surface area contributed by atoms with Crippen LogP contribution in [-0.4, -0.2) is 24.4 Å². The topological polar surface area (TPSA) is 58.6 Å². The Bertz CT molecular complexity index is 334. The number of amidine groups is 1. The van der Waals surface area contributed by atoms with E-state index in [1.165, 1.54) is 0 Å². The van der Waals surface area contributed by atoms with E-state index in [4.69, 9.17) is 10.9 Å². The number of hydrogen-bond acceptors (Lipinski definition) is 2. The number of alkyl halides is 2. The SMILES string of the molecule is N/C(=N/O)c1ccc(C(CF)CF)cc1. The molecule has 0 fully saturated rings. The molecule has 1 aromatic carbocycles. The first-order valence-electron chi connectivity index (χ1n) is 4.42. The maximum atomic E-state index is 12.3. The lowest BCUT2D eigenvalue weighted by atomic mass is 10.0. The van der Waals surface area contributed by atoms with Crippen molar-refractivity contribution in [3.8, 4) is 0 Å². The van der Waals surface area contributed by atoms with Gasteiger partial charge in [0.1, 0.15) is 0 Å². The standard InChI is InChI=1S/C10H12F2N2O/c11-5-9(6-12)7-1-3-8(4-2-7)10(13)14-15/h1-4,9,15H,5-6H2,(H2,13,14). The van der Waals surface area contributed by atoms with Crippen molar-refractivity contribution in [1.29, 1.82) is 0 Å². The average Bonchev–Trinajstić information content (AvgIpc) is 2.30. The molecule has 82 valence electrons. The molecule has 0 aliphatic rings. The lowest BCUT2D eigenvalue weighted by Gasteiger charge is -2.09. The summed E-state index contributed by atoms with van der Waals surface area (Å²) < 4.78 is 24.7. The van der Waals surface area contributed by atoms with E-state index in [2.05, 4.69) is 5.16 Å². The Morgan fingerprint density at radius 2 is 1.80 bits per heavy atom. The molecule has 0 aliphatic carbocycles. The normalized spacial score (nSPS) is 12.1. The van der Waals surface area contributed by atoms with E-state index in [1.807, 2.05) is 0 Å². The molecule has 0 atom stereocenters. The molecule has 0 unspecified atom stereocenters. The summed E-state index contributed by atoms with van der Waals surface area (Å²) in [5, 5.41) is 11.2. The van der Waals surface area contributed by atoms with Crippen molar-refractivity contribution in [1.82, 2.24) is 0 Å². The van der Waals surface area contributed by atoms with Crippen LogP contribution in [0.5, 0.6) is 0 Å². The molecule has 0 aromatic heterocycles. The van der Waals surface area contributed by atoms with Crippen molar-refractivity contribution in [2.24, 2.45) is 10.9 Å². The van der Waals surface area contributed by atoms with Gasteiger partial charge >= 0.3 is 0 Å². The summed E-state index contributed by atoms with van der Waals surface area (Å²) in [5.41, 5.74) is 6.41. The van der Waals surface area contributed by atoms with E-state index in [0.717, 1.165) is 0 Å². The van der Waals surface area contributed by atoms with E-state index >= 15 is 0 Å². The molecule has 3 nitrogen and oxygen atoms in total. The Labute approximate surface area is 86.2 Å². The quantitative estimate of drug-likeness (QED) is 0.347. The molecule has 5 heteroatoms. The Balaban J connectivity index is 2.89. The molecule has 0 radical (unpaired) electrons. The van der Waals surface area contributed by atoms with Crippen molar-refractivity contribution < 1.29 is 14.0 Å². The number of nitrogens with zero attached hydrogens (tertiary/aromatic N) is 1. The minimum Gasteiger partial charge on any atom is -0.409 e. The lowest BCUT2D eigenvalue weighted by Crippen LogP contribution is -2.13. The summed E-state index contributed by atoms with van der Waals surface area (Å²) in [5.74, 6) is -0.759. The predicted octanol–water partition coefficient (Wildman–Crippen LogP) is 1.80. The maximum absolute atomic E-state index is 12.3. The van der Waals surface area contributed by atoms with Crippen LogP contribution in [0.15, 0.2) is 29.4 Å². The number of nitrogens with two attached hydrogens (primary N) is 1. The number of hydrogen-bond donors (Lipinski definition) is 2. The summed E-state index contributed by atoms with van der Waals surface area (Å²) in [6.07, 6.45) is 0. The molecule has 0 saturated heterocycles. The molecular weight excluding hydrogens is 202 g/mol. The fourth-order valence-corrected chi connectivity index (χ4v) is 1.20. The van der Waals surface area contributed by atoms with Gasteiger partial charge in [0.2, 0.25) is 0 Å². The van der Waals surface area contributed by atoms with Crippen molar-refractivity contribution in [3.63, 3.8) is 0 Å². The van der Waals surface area contributed by atoms with E-state index in [9.17, 15) is 8.78 Å². The van der Waals surface area contributed by atoms with Gasteiger partial charge in [0.05, 0.1) is 13.3 Å². The predicted molar refractivity (Wildman–Crippen MR) is 53.6 cm³/mol. The second kappa shape index (κ2) is 5.29. The molecule has 0 amide bonds. The molecular formula is C10H12F2N2O. The Kier molecular flexibility index (Phi) is 4.03. The number of oxime groups is 1. The summed E-state index contributed by atoms with van der Waals surface area (Å²) in [7, 11) is 0. The number of benzene rings is 1. The zero-order chi connectivity index (χ0) is 11.3. The van der Waals surface area contributed by atoms with Crippen LogP contribution in [0.2, 0.25) is 0 Å². The van der Waals surface area contributed by atoms with Crippen molar-refractivity contribution in [3.05, 3.63) is 35.4 Å². The second-order valence-electron chi connectivity index (χ2n) is 3.11. The first-order chi connectivity index (χ1) is 7.22. The molecule has 15 heavy (non-hydrogen) atoms. The van der Waals surface area contributed by atoms with Crippen molar-refractivity contribution in [2.45, 2.75) is 5.92 Å². The second-order valence-corrected chi connectivity index (χ2v) is 3.11. The van der Waals surface area contributed by atoms with E-state index in [0.29, 0.717) is 11.1 Å². The monoisotopic (exact) mass is 214 g/mol. The third-order valence-electron chi connectivity index (χ3n) is 2.16.